The summed E-state index contributed by atoms with van der Waals surface area (Å²) in [5, 5.41) is 20.8. The molecule has 2 aliphatic heterocycles. The molecule has 394 valence electrons. The molecule has 7 N–H and O–H groups in total. The van der Waals surface area contributed by atoms with Gasteiger partial charge in [-0.2, -0.15) is 11.8 Å². The topological polar surface area (TPSA) is 248 Å². The van der Waals surface area contributed by atoms with Crippen molar-refractivity contribution in [3.63, 3.8) is 0 Å². The van der Waals surface area contributed by atoms with Gasteiger partial charge in [0.05, 0.1) is 43.5 Å². The second kappa shape index (κ2) is 33.2. The molecule has 5 rings (SSSR count). The fourth-order valence-electron chi connectivity index (χ4n) is 7.46. The van der Waals surface area contributed by atoms with E-state index in [9.17, 15) is 28.4 Å². The number of hydrogen-bond donors (Lipinski definition) is 7. The molecule has 0 bridgehead atoms. The van der Waals surface area contributed by atoms with Crippen molar-refractivity contribution < 1.29 is 47.3 Å². The SMILES string of the molecule is CN(C/C=C/C(=O)Nc1cccc(Nc2cc(Oc3ccc(F)c(Cl)c3)ncn2)n1)CCCCNC(=O)CCCC(=O)NCCCOCCOCCOCCCNC(=O)CCCC[C@@H]1SC[C@@H]2NC(=O)N[C@@H]21. The zero-order valence-electron chi connectivity index (χ0n) is 40.9. The number of carbonyl (C=O) groups excluding carboxylic acids is 5. The number of aromatic nitrogens is 3. The van der Waals surface area contributed by atoms with Gasteiger partial charge in [-0.15, -0.1) is 0 Å². The minimum Gasteiger partial charge on any atom is -0.439 e. The zero-order chi connectivity index (χ0) is 51.2. The van der Waals surface area contributed by atoms with Crippen LogP contribution in [0, 0.1) is 5.82 Å². The molecule has 23 heteroatoms. The number of likely N-dealkylation sites (N-methyl/N-ethyl adjacent to an activating group) is 1. The van der Waals surface area contributed by atoms with E-state index >= 15 is 0 Å². The Morgan fingerprint density at radius 1 is 0.792 bits per heavy atom. The number of unbranched alkanes of at least 4 members (excludes halogenated alkanes) is 2. The highest BCUT2D eigenvalue weighted by atomic mass is 35.5. The molecule has 72 heavy (non-hydrogen) atoms. The Morgan fingerprint density at radius 3 is 2.17 bits per heavy atom. The second-order valence-electron chi connectivity index (χ2n) is 17.1. The Hall–Kier alpha value is -5.65. The molecule has 0 spiro atoms. The number of carbonyl (C=O) groups is 5. The van der Waals surface area contributed by atoms with E-state index in [1.807, 2.05) is 18.8 Å². The Morgan fingerprint density at radius 2 is 1.46 bits per heavy atom. The summed E-state index contributed by atoms with van der Waals surface area (Å²) in [5.74, 6) is 1.58. The van der Waals surface area contributed by atoms with Crippen molar-refractivity contribution in [1.29, 1.82) is 0 Å². The number of rotatable bonds is 36. The van der Waals surface area contributed by atoms with Crippen molar-refractivity contribution in [2.75, 3.05) is 95.8 Å². The minimum absolute atomic E-state index is 0.0587. The van der Waals surface area contributed by atoms with Crippen molar-refractivity contribution in [1.82, 2.24) is 46.4 Å². The van der Waals surface area contributed by atoms with E-state index in [1.54, 1.807) is 24.3 Å². The molecule has 0 radical (unpaired) electrons. The van der Waals surface area contributed by atoms with Gasteiger partial charge >= 0.3 is 6.03 Å². The van der Waals surface area contributed by atoms with Crippen LogP contribution >= 0.6 is 23.4 Å². The maximum absolute atomic E-state index is 13.5. The number of benzene rings is 1. The first-order valence-electron chi connectivity index (χ1n) is 24.6. The summed E-state index contributed by atoms with van der Waals surface area (Å²) in [6, 6.07) is 11.0. The van der Waals surface area contributed by atoms with Crippen LogP contribution in [-0.4, -0.2) is 152 Å². The van der Waals surface area contributed by atoms with Gasteiger partial charge in [0.15, 0.2) is 0 Å². The largest absolute Gasteiger partial charge is 0.439 e. The van der Waals surface area contributed by atoms with Crippen LogP contribution in [0.15, 0.2) is 60.9 Å². The van der Waals surface area contributed by atoms with Crippen LogP contribution in [0.4, 0.5) is 26.6 Å². The fraction of sp³-hybridized carbons (Fsp3) is 0.551. The average molecular weight is 1040 g/mol. The first-order valence-corrected chi connectivity index (χ1v) is 26.0. The number of amides is 6. The lowest BCUT2D eigenvalue weighted by molar-refractivity contribution is -0.123. The summed E-state index contributed by atoms with van der Waals surface area (Å²) >= 11 is 7.73. The van der Waals surface area contributed by atoms with Gasteiger partial charge in [0.25, 0.3) is 0 Å². The quantitative estimate of drug-likeness (QED) is 0.0217. The lowest BCUT2D eigenvalue weighted by Crippen LogP contribution is -2.36. The van der Waals surface area contributed by atoms with Gasteiger partial charge in [-0.3, -0.25) is 19.2 Å². The summed E-state index contributed by atoms with van der Waals surface area (Å²) in [6.45, 7) is 5.79. The maximum Gasteiger partial charge on any atom is 0.315 e. The zero-order valence-corrected chi connectivity index (χ0v) is 42.5. The Kier molecular flexibility index (Phi) is 26.4. The molecule has 2 aromatic heterocycles. The number of thioether (sulfide) groups is 1. The summed E-state index contributed by atoms with van der Waals surface area (Å²) in [5.41, 5.74) is 0. The van der Waals surface area contributed by atoms with E-state index in [-0.39, 0.29) is 65.5 Å². The molecule has 0 aliphatic carbocycles. The highest BCUT2D eigenvalue weighted by molar-refractivity contribution is 8.00. The van der Waals surface area contributed by atoms with Crippen molar-refractivity contribution in [2.24, 2.45) is 0 Å². The van der Waals surface area contributed by atoms with Gasteiger partial charge in [-0.25, -0.2) is 24.1 Å². The third kappa shape index (κ3) is 23.3. The first-order chi connectivity index (χ1) is 35.0. The van der Waals surface area contributed by atoms with Crippen molar-refractivity contribution in [3.8, 4) is 11.6 Å². The van der Waals surface area contributed by atoms with E-state index in [0.29, 0.717) is 114 Å². The molecule has 0 saturated carbocycles. The number of urea groups is 1. The molecule has 6 amide bonds. The molecule has 1 aromatic carbocycles. The number of nitrogens with zero attached hydrogens (tertiary/aromatic N) is 4. The van der Waals surface area contributed by atoms with E-state index in [4.69, 9.17) is 30.5 Å². The lowest BCUT2D eigenvalue weighted by atomic mass is 10.0. The number of pyridine rings is 1. The van der Waals surface area contributed by atoms with E-state index in [0.717, 1.165) is 50.8 Å². The molecule has 2 saturated heterocycles. The van der Waals surface area contributed by atoms with Gasteiger partial charge in [-0.1, -0.05) is 30.2 Å². The molecule has 0 unspecified atom stereocenters. The standard InChI is InChI=1S/C49H69ClFN11O9S/c1-62(24-8-17-46(66)60-41-13-6-12-40(58-41)59-42-32-47(56-34-55-42)71-35-18-19-37(51)36(50)31-35)23-5-4-20-52-44(64)15-7-16-45(65)54-22-10-26-69-28-30-70-29-27-68-25-9-21-53-43(63)14-3-2-11-39-48-38(33-72-39)57-49(67)61-48/h6,8,12-13,17-19,31-32,34,38-39,48H,2-5,7,9-11,14-16,20-30,33H2,1H3,(H,52,64)(H,53,63)(H,54,65)(H2,57,61,67)(H2,55,56,58,59,60,66)/b17-8+/t38-,39-,48-/m0/s1. The van der Waals surface area contributed by atoms with Gasteiger partial charge < -0.3 is 61.1 Å². The maximum atomic E-state index is 13.5. The van der Waals surface area contributed by atoms with E-state index < -0.39 is 5.82 Å². The van der Waals surface area contributed by atoms with Crippen LogP contribution in [0.2, 0.25) is 5.02 Å². The molecule has 2 aliphatic rings. The van der Waals surface area contributed by atoms with Crippen molar-refractivity contribution in [2.45, 2.75) is 88.0 Å². The minimum atomic E-state index is -0.559. The van der Waals surface area contributed by atoms with Crippen LogP contribution in [-0.2, 0) is 33.4 Å². The Balaban J connectivity index is 0.752. The number of nitrogens with one attached hydrogen (secondary N) is 7. The summed E-state index contributed by atoms with van der Waals surface area (Å²) in [4.78, 5) is 75.4. The van der Waals surface area contributed by atoms with Gasteiger partial charge in [0, 0.05) is 87.9 Å². The molecule has 3 aromatic rings. The molecular weight excluding hydrogens is 973 g/mol. The van der Waals surface area contributed by atoms with Crippen LogP contribution < -0.4 is 42.0 Å². The number of anilines is 3. The highest BCUT2D eigenvalue weighted by Crippen LogP contribution is 2.33. The normalized spacial score (nSPS) is 16.0. The Labute approximate surface area is 429 Å². The van der Waals surface area contributed by atoms with Crippen LogP contribution in [0.5, 0.6) is 11.6 Å². The first kappa shape index (κ1) is 57.3. The predicted molar refractivity (Wildman–Crippen MR) is 274 cm³/mol. The van der Waals surface area contributed by atoms with E-state index in [1.165, 1.54) is 36.7 Å². The molecular formula is C49H69ClFN11O9S. The van der Waals surface area contributed by atoms with Crippen molar-refractivity contribution in [3.05, 3.63) is 71.8 Å². The number of fused-ring (bicyclic) bond motifs is 1. The van der Waals surface area contributed by atoms with Gasteiger partial charge in [0.2, 0.25) is 29.5 Å². The highest BCUT2D eigenvalue weighted by Gasteiger charge is 2.42. The van der Waals surface area contributed by atoms with Crippen molar-refractivity contribution >= 4 is 70.5 Å². The summed E-state index contributed by atoms with van der Waals surface area (Å²) in [6.07, 6.45) is 11.9. The number of halogens is 2. The lowest BCUT2D eigenvalue weighted by Gasteiger charge is -2.16. The monoisotopic (exact) mass is 1040 g/mol. The smallest absolute Gasteiger partial charge is 0.315 e. The van der Waals surface area contributed by atoms with Crippen LogP contribution in [0.3, 0.4) is 0 Å². The Bertz CT molecular complexity index is 2200. The number of ether oxygens (including phenoxy) is 4. The molecule has 4 heterocycles. The van der Waals surface area contributed by atoms with Gasteiger partial charge in [-0.05, 0) is 82.8 Å². The van der Waals surface area contributed by atoms with E-state index in [2.05, 4.69) is 57.1 Å². The summed E-state index contributed by atoms with van der Waals surface area (Å²) in [7, 11) is 1.95. The molecule has 3 atom stereocenters. The molecule has 20 nitrogen and oxygen atoms in total. The van der Waals surface area contributed by atoms with Crippen LogP contribution in [0.1, 0.15) is 70.6 Å². The summed E-state index contributed by atoms with van der Waals surface area (Å²) < 4.78 is 35.8. The fourth-order valence-corrected chi connectivity index (χ4v) is 9.17. The predicted octanol–water partition coefficient (Wildman–Crippen LogP) is 5.48. The average Bonchev–Trinajstić information content (AvgIpc) is 3.91. The van der Waals surface area contributed by atoms with Crippen LogP contribution in [0.25, 0.3) is 0 Å². The number of hydrogen-bond acceptors (Lipinski definition) is 15. The molecule has 2 fully saturated rings. The third-order valence-electron chi connectivity index (χ3n) is 11.2. The van der Waals surface area contributed by atoms with Gasteiger partial charge in [0.1, 0.15) is 35.3 Å². The second-order valence-corrected chi connectivity index (χ2v) is 18.8. The third-order valence-corrected chi connectivity index (χ3v) is 13.0.